The Morgan fingerprint density at radius 2 is 2.06 bits per heavy atom. The number of rotatable bonds is 4. The highest BCUT2D eigenvalue weighted by molar-refractivity contribution is 7.12. The Bertz CT molecular complexity index is 344. The van der Waals surface area contributed by atoms with Gasteiger partial charge in [-0.15, -0.1) is 11.3 Å². The first-order chi connectivity index (χ1) is 7.50. The Morgan fingerprint density at radius 3 is 2.50 bits per heavy atom. The van der Waals surface area contributed by atoms with Gasteiger partial charge in [-0.25, -0.2) is 0 Å². The number of nitrogens with one attached hydrogen (secondary N) is 1. The average molecular weight is 237 g/mol. The van der Waals surface area contributed by atoms with Crippen LogP contribution in [0.3, 0.4) is 0 Å². The zero-order valence-corrected chi connectivity index (χ0v) is 11.7. The Balaban J connectivity index is 2.09. The van der Waals surface area contributed by atoms with Crippen LogP contribution in [0.2, 0.25) is 0 Å². The Morgan fingerprint density at radius 1 is 1.38 bits per heavy atom. The largest absolute Gasteiger partial charge is 0.312 e. The van der Waals surface area contributed by atoms with Gasteiger partial charge in [-0.3, -0.25) is 0 Å². The van der Waals surface area contributed by atoms with Crippen LogP contribution in [0, 0.1) is 5.92 Å². The molecular weight excluding hydrogens is 214 g/mol. The summed E-state index contributed by atoms with van der Waals surface area (Å²) >= 11 is 1.98. The minimum absolute atomic E-state index is 0.292. The summed E-state index contributed by atoms with van der Waals surface area (Å²) in [5.41, 5.74) is 0.292. The van der Waals surface area contributed by atoms with Gasteiger partial charge in [-0.05, 0) is 36.9 Å². The van der Waals surface area contributed by atoms with Crippen molar-refractivity contribution < 1.29 is 0 Å². The van der Waals surface area contributed by atoms with Crippen LogP contribution in [-0.4, -0.2) is 7.05 Å². The minimum Gasteiger partial charge on any atom is -0.312 e. The SMILES string of the molecule is CNC(CC1CC1)c1ccc(C(C)(C)C)s1. The highest BCUT2D eigenvalue weighted by atomic mass is 32.1. The molecule has 90 valence electrons. The first kappa shape index (κ1) is 12.1. The molecule has 0 spiro atoms. The van der Waals surface area contributed by atoms with Crippen LogP contribution in [0.15, 0.2) is 12.1 Å². The van der Waals surface area contributed by atoms with E-state index in [0.29, 0.717) is 11.5 Å². The third-order valence-electron chi connectivity index (χ3n) is 3.32. The summed E-state index contributed by atoms with van der Waals surface area (Å²) < 4.78 is 0. The molecule has 1 fully saturated rings. The summed E-state index contributed by atoms with van der Waals surface area (Å²) in [5, 5.41) is 3.46. The molecule has 0 bridgehead atoms. The first-order valence-electron chi connectivity index (χ1n) is 6.28. The van der Waals surface area contributed by atoms with E-state index in [0.717, 1.165) is 5.92 Å². The van der Waals surface area contributed by atoms with Gasteiger partial charge < -0.3 is 5.32 Å². The molecule has 0 aliphatic heterocycles. The van der Waals surface area contributed by atoms with Crippen molar-refractivity contribution in [2.24, 2.45) is 5.92 Å². The van der Waals surface area contributed by atoms with E-state index < -0.39 is 0 Å². The summed E-state index contributed by atoms with van der Waals surface area (Å²) in [5.74, 6) is 0.984. The van der Waals surface area contributed by atoms with Gasteiger partial charge in [-0.1, -0.05) is 33.6 Å². The van der Waals surface area contributed by atoms with Crippen molar-refractivity contribution in [3.8, 4) is 0 Å². The maximum Gasteiger partial charge on any atom is 0.0415 e. The monoisotopic (exact) mass is 237 g/mol. The van der Waals surface area contributed by atoms with Crippen molar-refractivity contribution in [1.82, 2.24) is 5.32 Å². The predicted molar refractivity (Wildman–Crippen MR) is 72.2 cm³/mol. The van der Waals surface area contributed by atoms with Crippen LogP contribution in [0.1, 0.15) is 55.8 Å². The molecule has 1 atom stereocenters. The standard InChI is InChI=1S/C14H23NS/c1-14(2,3)13-8-7-12(16-13)11(15-4)9-10-5-6-10/h7-8,10-11,15H,5-6,9H2,1-4H3. The maximum absolute atomic E-state index is 3.46. The highest BCUT2D eigenvalue weighted by Gasteiger charge is 2.27. The molecule has 0 saturated heterocycles. The first-order valence-corrected chi connectivity index (χ1v) is 7.10. The van der Waals surface area contributed by atoms with Crippen LogP contribution in [0.5, 0.6) is 0 Å². The maximum atomic E-state index is 3.46. The fourth-order valence-electron chi connectivity index (χ4n) is 2.01. The Kier molecular flexibility index (Phi) is 3.41. The summed E-state index contributed by atoms with van der Waals surface area (Å²) in [4.78, 5) is 3.01. The van der Waals surface area contributed by atoms with Gasteiger partial charge in [0.25, 0.3) is 0 Å². The number of hydrogen-bond acceptors (Lipinski definition) is 2. The van der Waals surface area contributed by atoms with Crippen LogP contribution in [0.25, 0.3) is 0 Å². The molecule has 1 aliphatic carbocycles. The van der Waals surface area contributed by atoms with Gasteiger partial charge in [0.1, 0.15) is 0 Å². The molecular formula is C14H23NS. The molecule has 0 aromatic carbocycles. The van der Waals surface area contributed by atoms with E-state index >= 15 is 0 Å². The second-order valence-corrected chi connectivity index (χ2v) is 7.09. The van der Waals surface area contributed by atoms with E-state index in [9.17, 15) is 0 Å². The smallest absolute Gasteiger partial charge is 0.0415 e. The van der Waals surface area contributed by atoms with E-state index in [1.165, 1.54) is 29.0 Å². The third-order valence-corrected chi connectivity index (χ3v) is 4.95. The van der Waals surface area contributed by atoms with Gasteiger partial charge in [-0.2, -0.15) is 0 Å². The molecule has 1 aliphatic rings. The quantitative estimate of drug-likeness (QED) is 0.831. The fourth-order valence-corrected chi connectivity index (χ4v) is 3.19. The Labute approximate surface area is 103 Å². The van der Waals surface area contributed by atoms with E-state index in [1.807, 2.05) is 11.3 Å². The minimum atomic E-state index is 0.292. The van der Waals surface area contributed by atoms with Gasteiger partial charge in [0, 0.05) is 15.8 Å². The molecule has 0 amide bonds. The highest BCUT2D eigenvalue weighted by Crippen LogP contribution is 2.40. The van der Waals surface area contributed by atoms with Crippen LogP contribution in [0.4, 0.5) is 0 Å². The van der Waals surface area contributed by atoms with Crippen molar-refractivity contribution in [2.45, 2.75) is 51.5 Å². The molecule has 2 heteroatoms. The predicted octanol–water partition coefficient (Wildman–Crippen LogP) is 4.11. The van der Waals surface area contributed by atoms with Gasteiger partial charge in [0.2, 0.25) is 0 Å². The van der Waals surface area contributed by atoms with Gasteiger partial charge in [0.05, 0.1) is 0 Å². The number of hydrogen-bond donors (Lipinski definition) is 1. The summed E-state index contributed by atoms with van der Waals surface area (Å²) in [6.07, 6.45) is 4.20. The Hall–Kier alpha value is -0.340. The lowest BCUT2D eigenvalue weighted by Gasteiger charge is -2.17. The normalized spacial score (nSPS) is 18.8. The molecule has 1 heterocycles. The summed E-state index contributed by atoms with van der Waals surface area (Å²) in [7, 11) is 2.09. The lowest BCUT2D eigenvalue weighted by molar-refractivity contribution is 0.522. The zero-order valence-electron chi connectivity index (χ0n) is 10.8. The van der Waals surface area contributed by atoms with Crippen LogP contribution >= 0.6 is 11.3 Å². The van der Waals surface area contributed by atoms with E-state index in [-0.39, 0.29) is 0 Å². The van der Waals surface area contributed by atoms with Crippen molar-refractivity contribution in [3.05, 3.63) is 21.9 Å². The lowest BCUT2D eigenvalue weighted by atomic mass is 9.95. The van der Waals surface area contributed by atoms with Gasteiger partial charge in [0.15, 0.2) is 0 Å². The molecule has 1 nitrogen and oxygen atoms in total. The summed E-state index contributed by atoms with van der Waals surface area (Å²) in [6.45, 7) is 6.87. The molecule has 1 saturated carbocycles. The van der Waals surface area contributed by atoms with Crippen molar-refractivity contribution in [3.63, 3.8) is 0 Å². The molecule has 1 aromatic rings. The van der Waals surface area contributed by atoms with Crippen molar-refractivity contribution in [2.75, 3.05) is 7.05 Å². The number of thiophene rings is 1. The second-order valence-electron chi connectivity index (χ2n) is 5.97. The third kappa shape index (κ3) is 2.86. The average Bonchev–Trinajstić information content (AvgIpc) is 2.87. The van der Waals surface area contributed by atoms with E-state index in [1.54, 1.807) is 0 Å². The molecule has 1 N–H and O–H groups in total. The fraction of sp³-hybridized carbons (Fsp3) is 0.714. The van der Waals surface area contributed by atoms with E-state index in [4.69, 9.17) is 0 Å². The topological polar surface area (TPSA) is 12.0 Å². The van der Waals surface area contributed by atoms with Crippen molar-refractivity contribution >= 4 is 11.3 Å². The molecule has 0 radical (unpaired) electrons. The summed E-state index contributed by atoms with van der Waals surface area (Å²) in [6, 6.07) is 5.19. The lowest BCUT2D eigenvalue weighted by Crippen LogP contribution is -2.15. The van der Waals surface area contributed by atoms with Crippen molar-refractivity contribution in [1.29, 1.82) is 0 Å². The van der Waals surface area contributed by atoms with Gasteiger partial charge >= 0.3 is 0 Å². The molecule has 1 aromatic heterocycles. The van der Waals surface area contributed by atoms with Crippen LogP contribution in [-0.2, 0) is 5.41 Å². The van der Waals surface area contributed by atoms with Crippen LogP contribution < -0.4 is 5.32 Å². The molecule has 2 rings (SSSR count). The van der Waals surface area contributed by atoms with E-state index in [2.05, 4.69) is 45.3 Å². The molecule has 1 unspecified atom stereocenters. The molecule has 16 heavy (non-hydrogen) atoms. The second kappa shape index (κ2) is 4.50. The zero-order chi connectivity index (χ0) is 11.8.